The fraction of sp³-hybridized carbons (Fsp3) is 0.174. The Morgan fingerprint density at radius 1 is 1.09 bits per heavy atom. The van der Waals surface area contributed by atoms with E-state index in [1.54, 1.807) is 18.5 Å². The first-order chi connectivity index (χ1) is 15.5. The Morgan fingerprint density at radius 2 is 1.97 bits per heavy atom. The van der Waals surface area contributed by atoms with Gasteiger partial charge in [0.2, 0.25) is 5.91 Å². The molecule has 0 aromatic carbocycles. The zero-order chi connectivity index (χ0) is 22.5. The summed E-state index contributed by atoms with van der Waals surface area (Å²) in [6.07, 6.45) is 10.2. The molecule has 0 saturated carbocycles. The fourth-order valence-electron chi connectivity index (χ4n) is 3.23. The first-order valence-corrected chi connectivity index (χ1v) is 10.1. The molecule has 0 fully saturated rings. The van der Waals surface area contributed by atoms with Crippen molar-refractivity contribution in [3.63, 3.8) is 0 Å². The highest BCUT2D eigenvalue weighted by atomic mass is 16.1. The van der Waals surface area contributed by atoms with Crippen LogP contribution in [0.25, 0.3) is 33.4 Å². The number of aromatic nitrogens is 5. The van der Waals surface area contributed by atoms with Gasteiger partial charge in [-0.3, -0.25) is 4.79 Å². The van der Waals surface area contributed by atoms with Gasteiger partial charge in [0.15, 0.2) is 0 Å². The Morgan fingerprint density at radius 3 is 2.78 bits per heavy atom. The highest BCUT2D eigenvalue weighted by molar-refractivity contribution is 5.99. The van der Waals surface area contributed by atoms with Crippen LogP contribution in [0.2, 0.25) is 0 Å². The SMILES string of the molecule is CNc1cc(-c2c[nH]c3ncc(-c4ccnc(NC(=O)C=CCN(C)C)c4)cc23)ncn1. The highest BCUT2D eigenvalue weighted by Crippen LogP contribution is 2.31. The Balaban J connectivity index is 1.62. The van der Waals surface area contributed by atoms with Crippen molar-refractivity contribution in [1.29, 1.82) is 0 Å². The lowest BCUT2D eigenvalue weighted by Crippen LogP contribution is -2.13. The number of carbonyl (C=O) groups excluding carboxylic acids is 1. The number of rotatable bonds is 7. The van der Waals surface area contributed by atoms with Gasteiger partial charge in [0.1, 0.15) is 23.6 Å². The minimum absolute atomic E-state index is 0.220. The van der Waals surface area contributed by atoms with Gasteiger partial charge in [0.05, 0.1) is 5.69 Å². The molecule has 0 bridgehead atoms. The minimum Gasteiger partial charge on any atom is -0.373 e. The third-order valence-corrected chi connectivity index (χ3v) is 4.81. The van der Waals surface area contributed by atoms with Crippen molar-refractivity contribution in [2.24, 2.45) is 0 Å². The van der Waals surface area contributed by atoms with E-state index in [4.69, 9.17) is 0 Å². The molecular weight excluding hydrogens is 404 g/mol. The van der Waals surface area contributed by atoms with Gasteiger partial charge in [-0.15, -0.1) is 0 Å². The van der Waals surface area contributed by atoms with E-state index in [2.05, 4.69) is 35.6 Å². The summed E-state index contributed by atoms with van der Waals surface area (Å²) in [6.45, 7) is 0.688. The summed E-state index contributed by atoms with van der Waals surface area (Å²) in [5.41, 5.74) is 4.29. The molecule has 9 nitrogen and oxygen atoms in total. The molecule has 9 heteroatoms. The molecule has 0 unspecified atom stereocenters. The van der Waals surface area contributed by atoms with Crippen molar-refractivity contribution in [3.8, 4) is 22.4 Å². The molecular formula is C23H24N8O. The molecule has 0 aliphatic heterocycles. The predicted octanol–water partition coefficient (Wildman–Crippen LogP) is 3.18. The molecule has 0 radical (unpaired) electrons. The van der Waals surface area contributed by atoms with Crippen LogP contribution in [0.3, 0.4) is 0 Å². The van der Waals surface area contributed by atoms with Gasteiger partial charge in [0, 0.05) is 60.8 Å². The zero-order valence-electron chi connectivity index (χ0n) is 18.1. The molecule has 0 atom stereocenters. The first-order valence-electron chi connectivity index (χ1n) is 10.1. The standard InChI is InChI=1S/C23H24N8O/c1-24-20-11-19(28-14-29-20)18-13-27-23-17(18)9-16(12-26-23)15-6-7-25-21(10-15)30-22(32)5-4-8-31(2)3/h4-7,9-14H,8H2,1-3H3,(H,26,27)(H,24,28,29)(H,25,30,32). The van der Waals surface area contributed by atoms with Crippen LogP contribution in [-0.4, -0.2) is 63.4 Å². The maximum atomic E-state index is 12.1. The topological polar surface area (TPSA) is 112 Å². The molecule has 4 rings (SSSR count). The maximum absolute atomic E-state index is 12.1. The van der Waals surface area contributed by atoms with Crippen LogP contribution in [0, 0.1) is 0 Å². The summed E-state index contributed by atoms with van der Waals surface area (Å²) in [7, 11) is 5.70. The fourth-order valence-corrected chi connectivity index (χ4v) is 3.23. The molecule has 4 aromatic rings. The second-order valence-electron chi connectivity index (χ2n) is 7.44. The van der Waals surface area contributed by atoms with E-state index in [9.17, 15) is 4.79 Å². The van der Waals surface area contributed by atoms with E-state index in [1.807, 2.05) is 56.5 Å². The zero-order valence-corrected chi connectivity index (χ0v) is 18.1. The van der Waals surface area contributed by atoms with E-state index < -0.39 is 0 Å². The second-order valence-corrected chi connectivity index (χ2v) is 7.44. The van der Waals surface area contributed by atoms with Gasteiger partial charge in [-0.25, -0.2) is 19.9 Å². The average molecular weight is 429 g/mol. The Hall–Kier alpha value is -4.11. The number of pyridine rings is 2. The smallest absolute Gasteiger partial charge is 0.249 e. The lowest BCUT2D eigenvalue weighted by Gasteiger charge is -2.07. The van der Waals surface area contributed by atoms with Crippen molar-refractivity contribution >= 4 is 28.6 Å². The van der Waals surface area contributed by atoms with E-state index in [0.29, 0.717) is 12.4 Å². The summed E-state index contributed by atoms with van der Waals surface area (Å²) >= 11 is 0. The van der Waals surface area contributed by atoms with E-state index >= 15 is 0 Å². The van der Waals surface area contributed by atoms with Crippen molar-refractivity contribution < 1.29 is 4.79 Å². The van der Waals surface area contributed by atoms with Crippen LogP contribution in [0.5, 0.6) is 0 Å². The summed E-state index contributed by atoms with van der Waals surface area (Å²) in [4.78, 5) is 34.7. The van der Waals surface area contributed by atoms with Crippen LogP contribution < -0.4 is 10.6 Å². The Kier molecular flexibility index (Phi) is 6.18. The Bertz CT molecular complexity index is 1280. The number of nitrogens with zero attached hydrogens (tertiary/aromatic N) is 5. The number of H-pyrrole nitrogens is 1. The number of hydrogen-bond acceptors (Lipinski definition) is 7. The molecule has 1 amide bonds. The second kappa shape index (κ2) is 9.36. The summed E-state index contributed by atoms with van der Waals surface area (Å²) in [5, 5.41) is 6.77. The van der Waals surface area contributed by atoms with E-state index in [0.717, 1.165) is 39.2 Å². The average Bonchev–Trinajstić information content (AvgIpc) is 3.22. The molecule has 0 spiro atoms. The van der Waals surface area contributed by atoms with Crippen molar-refractivity contribution in [2.75, 3.05) is 38.3 Å². The monoisotopic (exact) mass is 428 g/mol. The third-order valence-electron chi connectivity index (χ3n) is 4.81. The number of amides is 1. The molecule has 32 heavy (non-hydrogen) atoms. The van der Waals surface area contributed by atoms with Crippen LogP contribution in [0.15, 0.2) is 61.3 Å². The number of anilines is 2. The predicted molar refractivity (Wildman–Crippen MR) is 126 cm³/mol. The van der Waals surface area contributed by atoms with Gasteiger partial charge in [-0.05, 0) is 37.9 Å². The van der Waals surface area contributed by atoms with Gasteiger partial charge in [-0.1, -0.05) is 6.08 Å². The van der Waals surface area contributed by atoms with E-state index in [-0.39, 0.29) is 5.91 Å². The number of fused-ring (bicyclic) bond motifs is 1. The lowest BCUT2D eigenvalue weighted by atomic mass is 10.1. The van der Waals surface area contributed by atoms with Gasteiger partial charge in [0.25, 0.3) is 0 Å². The van der Waals surface area contributed by atoms with Gasteiger partial charge in [-0.2, -0.15) is 0 Å². The summed E-state index contributed by atoms with van der Waals surface area (Å²) < 4.78 is 0. The molecule has 4 aromatic heterocycles. The van der Waals surface area contributed by atoms with Crippen LogP contribution in [0.1, 0.15) is 0 Å². The minimum atomic E-state index is -0.220. The largest absolute Gasteiger partial charge is 0.373 e. The number of nitrogens with one attached hydrogen (secondary N) is 3. The summed E-state index contributed by atoms with van der Waals surface area (Å²) in [5.74, 6) is 0.996. The first kappa shape index (κ1) is 21.1. The van der Waals surface area contributed by atoms with Gasteiger partial charge < -0.3 is 20.5 Å². The van der Waals surface area contributed by atoms with Crippen LogP contribution in [0.4, 0.5) is 11.6 Å². The van der Waals surface area contributed by atoms with Gasteiger partial charge >= 0.3 is 0 Å². The normalized spacial score (nSPS) is 11.4. The molecule has 162 valence electrons. The molecule has 0 aliphatic rings. The quantitative estimate of drug-likeness (QED) is 0.388. The van der Waals surface area contributed by atoms with Crippen LogP contribution in [-0.2, 0) is 4.79 Å². The van der Waals surface area contributed by atoms with Crippen molar-refractivity contribution in [2.45, 2.75) is 0 Å². The number of aromatic amines is 1. The number of hydrogen-bond donors (Lipinski definition) is 3. The molecule has 3 N–H and O–H groups in total. The maximum Gasteiger partial charge on any atom is 0.249 e. The number of likely N-dealkylation sites (N-methyl/N-ethyl adjacent to an activating group) is 1. The van der Waals surface area contributed by atoms with Crippen molar-refractivity contribution in [1.82, 2.24) is 29.8 Å². The highest BCUT2D eigenvalue weighted by Gasteiger charge is 2.11. The molecule has 0 aliphatic carbocycles. The van der Waals surface area contributed by atoms with E-state index in [1.165, 1.54) is 12.4 Å². The molecule has 0 saturated heterocycles. The van der Waals surface area contributed by atoms with Crippen molar-refractivity contribution in [3.05, 3.63) is 61.3 Å². The lowest BCUT2D eigenvalue weighted by molar-refractivity contribution is -0.111. The Labute approximate surface area is 185 Å². The third kappa shape index (κ3) is 4.79. The van der Waals surface area contributed by atoms with Crippen LogP contribution >= 0.6 is 0 Å². The summed E-state index contributed by atoms with van der Waals surface area (Å²) in [6, 6.07) is 7.65. The number of carbonyl (C=O) groups is 1. The molecule has 4 heterocycles.